The minimum Gasteiger partial charge on any atom is -0.330 e. The number of halogens is 2. The normalized spacial score (nSPS) is 26.9. The van der Waals surface area contributed by atoms with E-state index in [9.17, 15) is 4.39 Å². The van der Waals surface area contributed by atoms with E-state index in [2.05, 4.69) is 36.7 Å². The average molecular weight is 356 g/mol. The van der Waals surface area contributed by atoms with Crippen molar-refractivity contribution in [1.82, 2.24) is 0 Å². The molecule has 1 aliphatic carbocycles. The molecule has 1 aromatic rings. The Morgan fingerprint density at radius 2 is 1.95 bits per heavy atom. The monoisotopic (exact) mass is 355 g/mol. The fourth-order valence-electron chi connectivity index (χ4n) is 3.64. The zero-order valence-electron chi connectivity index (χ0n) is 13.3. The lowest BCUT2D eigenvalue weighted by atomic mass is 9.64. The van der Waals surface area contributed by atoms with E-state index in [4.69, 9.17) is 5.73 Å². The Morgan fingerprint density at radius 1 is 1.24 bits per heavy atom. The standard InChI is InChI=1S/C18H27BrFN/c1-18(2,3)15-6-5-13(11-21)14(10-15)8-12-4-7-17(20)16(19)9-12/h4,7,9,13-15H,5-6,8,10-11,21H2,1-3H3. The predicted octanol–water partition coefficient (Wildman–Crippen LogP) is 5.17. The van der Waals surface area contributed by atoms with Crippen LogP contribution in [0.1, 0.15) is 45.6 Å². The molecule has 3 atom stereocenters. The van der Waals surface area contributed by atoms with Gasteiger partial charge in [-0.2, -0.15) is 0 Å². The lowest BCUT2D eigenvalue weighted by molar-refractivity contribution is 0.101. The maximum atomic E-state index is 13.4. The molecule has 118 valence electrons. The highest BCUT2D eigenvalue weighted by Crippen LogP contribution is 2.43. The van der Waals surface area contributed by atoms with E-state index in [1.807, 2.05) is 12.1 Å². The third-order valence-electron chi connectivity index (χ3n) is 5.15. The molecule has 2 N–H and O–H groups in total. The summed E-state index contributed by atoms with van der Waals surface area (Å²) in [5.74, 6) is 1.79. The number of rotatable bonds is 3. The van der Waals surface area contributed by atoms with Crippen LogP contribution in [0.4, 0.5) is 4.39 Å². The van der Waals surface area contributed by atoms with Gasteiger partial charge in [-0.25, -0.2) is 4.39 Å². The van der Waals surface area contributed by atoms with E-state index in [0.717, 1.165) is 18.9 Å². The van der Waals surface area contributed by atoms with Gasteiger partial charge in [0.25, 0.3) is 0 Å². The molecule has 1 aliphatic rings. The van der Waals surface area contributed by atoms with Crippen molar-refractivity contribution < 1.29 is 4.39 Å². The van der Waals surface area contributed by atoms with Gasteiger partial charge in [-0.1, -0.05) is 26.8 Å². The Labute approximate surface area is 136 Å². The fourth-order valence-corrected chi connectivity index (χ4v) is 4.07. The molecule has 0 aliphatic heterocycles. The number of nitrogens with two attached hydrogens (primary N) is 1. The Bertz CT molecular complexity index is 481. The van der Waals surface area contributed by atoms with Gasteiger partial charge < -0.3 is 5.73 Å². The van der Waals surface area contributed by atoms with Crippen molar-refractivity contribution in [1.29, 1.82) is 0 Å². The second-order valence-electron chi connectivity index (χ2n) is 7.58. The molecule has 0 aromatic heterocycles. The van der Waals surface area contributed by atoms with Gasteiger partial charge in [0, 0.05) is 0 Å². The summed E-state index contributed by atoms with van der Waals surface area (Å²) in [6.07, 6.45) is 4.76. The summed E-state index contributed by atoms with van der Waals surface area (Å²) in [6.45, 7) is 7.79. The quantitative estimate of drug-likeness (QED) is 0.795. The van der Waals surface area contributed by atoms with Gasteiger partial charge >= 0.3 is 0 Å². The predicted molar refractivity (Wildman–Crippen MR) is 90.6 cm³/mol. The van der Waals surface area contributed by atoms with Crippen molar-refractivity contribution in [3.63, 3.8) is 0 Å². The zero-order chi connectivity index (χ0) is 15.6. The molecule has 0 radical (unpaired) electrons. The zero-order valence-corrected chi connectivity index (χ0v) is 14.9. The van der Waals surface area contributed by atoms with Crippen LogP contribution in [0, 0.1) is 29.0 Å². The fraction of sp³-hybridized carbons (Fsp3) is 0.667. The highest BCUT2D eigenvalue weighted by molar-refractivity contribution is 9.10. The second-order valence-corrected chi connectivity index (χ2v) is 8.44. The van der Waals surface area contributed by atoms with E-state index < -0.39 is 0 Å². The van der Waals surface area contributed by atoms with Gasteiger partial charge in [-0.05, 0) is 89.0 Å². The molecule has 3 unspecified atom stereocenters. The van der Waals surface area contributed by atoms with Gasteiger partial charge in [-0.3, -0.25) is 0 Å². The Kier molecular flexibility index (Phi) is 5.48. The molecule has 0 saturated heterocycles. The minimum absolute atomic E-state index is 0.190. The van der Waals surface area contributed by atoms with E-state index in [0.29, 0.717) is 21.7 Å². The minimum atomic E-state index is -0.190. The highest BCUT2D eigenvalue weighted by atomic mass is 79.9. The third kappa shape index (κ3) is 4.29. The smallest absolute Gasteiger partial charge is 0.137 e. The molecule has 21 heavy (non-hydrogen) atoms. The van der Waals surface area contributed by atoms with Gasteiger partial charge in [0.2, 0.25) is 0 Å². The van der Waals surface area contributed by atoms with Crippen LogP contribution in [0.5, 0.6) is 0 Å². The molecule has 2 rings (SSSR count). The first-order valence-electron chi connectivity index (χ1n) is 7.95. The number of hydrogen-bond acceptors (Lipinski definition) is 1. The first kappa shape index (κ1) is 17.0. The summed E-state index contributed by atoms with van der Waals surface area (Å²) in [6, 6.07) is 5.39. The van der Waals surface area contributed by atoms with Crippen molar-refractivity contribution in [3.05, 3.63) is 34.1 Å². The Hall–Kier alpha value is -0.410. The third-order valence-corrected chi connectivity index (χ3v) is 5.76. The summed E-state index contributed by atoms with van der Waals surface area (Å²) < 4.78 is 13.9. The number of benzene rings is 1. The number of hydrogen-bond donors (Lipinski definition) is 1. The van der Waals surface area contributed by atoms with Crippen LogP contribution in [0.3, 0.4) is 0 Å². The Balaban J connectivity index is 2.12. The van der Waals surface area contributed by atoms with Crippen molar-refractivity contribution >= 4 is 15.9 Å². The first-order chi connectivity index (χ1) is 9.81. The molecular weight excluding hydrogens is 329 g/mol. The van der Waals surface area contributed by atoms with Crippen molar-refractivity contribution in [2.45, 2.75) is 46.5 Å². The largest absolute Gasteiger partial charge is 0.330 e. The van der Waals surface area contributed by atoms with Gasteiger partial charge in [0.15, 0.2) is 0 Å². The van der Waals surface area contributed by atoms with Crippen LogP contribution >= 0.6 is 15.9 Å². The topological polar surface area (TPSA) is 26.0 Å². The van der Waals surface area contributed by atoms with Crippen LogP contribution in [0.15, 0.2) is 22.7 Å². The van der Waals surface area contributed by atoms with Crippen molar-refractivity contribution in [2.24, 2.45) is 28.9 Å². The molecule has 1 fully saturated rings. The van der Waals surface area contributed by atoms with E-state index in [-0.39, 0.29) is 5.82 Å². The van der Waals surface area contributed by atoms with Crippen LogP contribution in [-0.4, -0.2) is 6.54 Å². The molecule has 3 heteroatoms. The summed E-state index contributed by atoms with van der Waals surface area (Å²) >= 11 is 3.29. The maximum absolute atomic E-state index is 13.4. The molecule has 0 heterocycles. The molecule has 1 nitrogen and oxygen atoms in total. The molecular formula is C18H27BrFN. The summed E-state index contributed by atoms with van der Waals surface area (Å²) in [5, 5.41) is 0. The Morgan fingerprint density at radius 3 is 2.52 bits per heavy atom. The van der Waals surface area contributed by atoms with Crippen LogP contribution in [-0.2, 0) is 6.42 Å². The molecule has 1 aromatic carbocycles. The summed E-state index contributed by atoms with van der Waals surface area (Å²) in [5.41, 5.74) is 7.56. The SMILES string of the molecule is CC(C)(C)C1CCC(CN)C(Cc2ccc(F)c(Br)c2)C1. The molecule has 1 saturated carbocycles. The van der Waals surface area contributed by atoms with Gasteiger partial charge in [0.1, 0.15) is 5.82 Å². The summed E-state index contributed by atoms with van der Waals surface area (Å²) in [7, 11) is 0. The maximum Gasteiger partial charge on any atom is 0.137 e. The molecule has 0 bridgehead atoms. The highest BCUT2D eigenvalue weighted by Gasteiger charge is 2.35. The van der Waals surface area contributed by atoms with Crippen molar-refractivity contribution in [3.8, 4) is 0 Å². The second kappa shape index (κ2) is 6.78. The summed E-state index contributed by atoms with van der Waals surface area (Å²) in [4.78, 5) is 0. The lowest BCUT2D eigenvalue weighted by Gasteiger charge is -2.41. The van der Waals surface area contributed by atoms with Crippen molar-refractivity contribution in [2.75, 3.05) is 6.54 Å². The van der Waals surface area contributed by atoms with Gasteiger partial charge in [0.05, 0.1) is 4.47 Å². The average Bonchev–Trinajstić information content (AvgIpc) is 2.42. The van der Waals surface area contributed by atoms with Crippen LogP contribution in [0.25, 0.3) is 0 Å². The lowest BCUT2D eigenvalue weighted by Crippen LogP contribution is -2.36. The van der Waals surface area contributed by atoms with Crippen LogP contribution in [0.2, 0.25) is 0 Å². The van der Waals surface area contributed by atoms with E-state index >= 15 is 0 Å². The molecule has 0 amide bonds. The molecule has 0 spiro atoms. The van der Waals surface area contributed by atoms with E-state index in [1.54, 1.807) is 6.07 Å². The van der Waals surface area contributed by atoms with Gasteiger partial charge in [-0.15, -0.1) is 0 Å². The van der Waals surface area contributed by atoms with E-state index in [1.165, 1.54) is 24.8 Å². The first-order valence-corrected chi connectivity index (χ1v) is 8.74. The van der Waals surface area contributed by atoms with Crippen LogP contribution < -0.4 is 5.73 Å².